The fraction of sp³-hybridized carbons (Fsp3) is 0.600. The van der Waals surface area contributed by atoms with E-state index in [4.69, 9.17) is 10.2 Å². The molecule has 1 saturated heterocycles. The lowest BCUT2D eigenvalue weighted by Gasteiger charge is -2.39. The summed E-state index contributed by atoms with van der Waals surface area (Å²) in [4.78, 5) is 26.3. The molecule has 2 heterocycles. The summed E-state index contributed by atoms with van der Waals surface area (Å²) in [5.41, 5.74) is 5.98. The molecule has 7 heteroatoms. The number of hydrogen-bond donors (Lipinski definition) is 2. The largest absolute Gasteiger partial charge is 0.459 e. The number of nitrogens with one attached hydrogen (secondary N) is 1. The van der Waals surface area contributed by atoms with Gasteiger partial charge in [0.25, 0.3) is 5.91 Å². The first kappa shape index (κ1) is 18.5. The van der Waals surface area contributed by atoms with Crippen LogP contribution in [0.5, 0.6) is 0 Å². The van der Waals surface area contributed by atoms with E-state index in [-0.39, 0.29) is 42.1 Å². The number of carbonyl (C=O) groups excluding carboxylic acids is 2. The summed E-state index contributed by atoms with van der Waals surface area (Å²) in [5.74, 6) is -0.260. The van der Waals surface area contributed by atoms with E-state index < -0.39 is 6.04 Å². The highest BCUT2D eigenvalue weighted by atomic mass is 35.5. The Kier molecular flexibility index (Phi) is 6.90. The third-order valence-electron chi connectivity index (χ3n) is 3.90. The van der Waals surface area contributed by atoms with Gasteiger partial charge in [-0.15, -0.1) is 12.4 Å². The number of likely N-dealkylation sites (tertiary alicyclic amines) is 1. The van der Waals surface area contributed by atoms with E-state index in [0.29, 0.717) is 6.54 Å². The van der Waals surface area contributed by atoms with Gasteiger partial charge in [-0.25, -0.2) is 0 Å². The van der Waals surface area contributed by atoms with Crippen molar-refractivity contribution in [2.45, 2.75) is 51.2 Å². The van der Waals surface area contributed by atoms with Gasteiger partial charge >= 0.3 is 0 Å². The molecule has 124 valence electrons. The van der Waals surface area contributed by atoms with E-state index in [9.17, 15) is 9.59 Å². The second kappa shape index (κ2) is 8.19. The van der Waals surface area contributed by atoms with Crippen molar-refractivity contribution >= 4 is 24.2 Å². The van der Waals surface area contributed by atoms with Crippen LogP contribution in [0.1, 0.15) is 43.7 Å². The van der Waals surface area contributed by atoms with Crippen molar-refractivity contribution in [2.75, 3.05) is 6.54 Å². The van der Waals surface area contributed by atoms with Crippen molar-refractivity contribution in [1.29, 1.82) is 0 Å². The normalized spacial score (nSPS) is 20.7. The van der Waals surface area contributed by atoms with Crippen LogP contribution in [0.2, 0.25) is 0 Å². The van der Waals surface area contributed by atoms with E-state index in [0.717, 1.165) is 19.3 Å². The van der Waals surface area contributed by atoms with Gasteiger partial charge in [0.1, 0.15) is 6.04 Å². The third-order valence-corrected chi connectivity index (χ3v) is 3.90. The SMILES string of the molecule is CC(NC(=O)c1ccco1)C(=O)N1CCCCC1C(C)N.Cl. The lowest BCUT2D eigenvalue weighted by Crippen LogP contribution is -2.56. The summed E-state index contributed by atoms with van der Waals surface area (Å²) >= 11 is 0. The predicted octanol–water partition coefficient (Wildman–Crippen LogP) is 1.55. The van der Waals surface area contributed by atoms with Gasteiger partial charge in [-0.2, -0.15) is 0 Å². The van der Waals surface area contributed by atoms with Crippen molar-refractivity contribution in [3.05, 3.63) is 24.2 Å². The fourth-order valence-electron chi connectivity index (χ4n) is 2.76. The molecule has 1 aromatic rings. The molecular weight excluding hydrogens is 306 g/mol. The number of nitrogens with two attached hydrogens (primary N) is 1. The zero-order chi connectivity index (χ0) is 15.4. The molecule has 0 saturated carbocycles. The first-order valence-corrected chi connectivity index (χ1v) is 7.41. The molecular formula is C15H24ClN3O3. The van der Waals surface area contributed by atoms with Crippen molar-refractivity contribution in [2.24, 2.45) is 5.73 Å². The van der Waals surface area contributed by atoms with Crippen molar-refractivity contribution < 1.29 is 14.0 Å². The van der Waals surface area contributed by atoms with Gasteiger partial charge < -0.3 is 20.4 Å². The molecule has 3 N–H and O–H groups in total. The monoisotopic (exact) mass is 329 g/mol. The van der Waals surface area contributed by atoms with Gasteiger partial charge in [0.15, 0.2) is 5.76 Å². The molecule has 0 bridgehead atoms. The highest BCUT2D eigenvalue weighted by Crippen LogP contribution is 2.20. The summed E-state index contributed by atoms with van der Waals surface area (Å²) < 4.78 is 5.02. The second-order valence-corrected chi connectivity index (χ2v) is 5.63. The van der Waals surface area contributed by atoms with Crippen molar-refractivity contribution in [3.8, 4) is 0 Å². The molecule has 0 aromatic carbocycles. The number of furan rings is 1. The standard InChI is InChI=1S/C15H23N3O3.ClH/c1-10(16)12-6-3-4-8-18(12)15(20)11(2)17-14(19)13-7-5-9-21-13;/h5,7,9-12H,3-4,6,8,16H2,1-2H3,(H,17,19);1H. The maximum Gasteiger partial charge on any atom is 0.287 e. The number of halogens is 1. The summed E-state index contributed by atoms with van der Waals surface area (Å²) in [5, 5.41) is 2.67. The van der Waals surface area contributed by atoms with E-state index in [1.807, 2.05) is 6.92 Å². The van der Waals surface area contributed by atoms with Crippen LogP contribution in [0.25, 0.3) is 0 Å². The second-order valence-electron chi connectivity index (χ2n) is 5.63. The van der Waals surface area contributed by atoms with E-state index in [1.54, 1.807) is 24.0 Å². The number of nitrogens with zero attached hydrogens (tertiary/aromatic N) is 1. The number of piperidine rings is 1. The number of amides is 2. The van der Waals surface area contributed by atoms with E-state index in [1.165, 1.54) is 6.26 Å². The van der Waals surface area contributed by atoms with E-state index in [2.05, 4.69) is 5.32 Å². The minimum atomic E-state index is -0.595. The summed E-state index contributed by atoms with van der Waals surface area (Å²) in [6.45, 7) is 4.31. The molecule has 3 unspecified atom stereocenters. The molecule has 2 amide bonds. The summed E-state index contributed by atoms with van der Waals surface area (Å²) in [7, 11) is 0. The minimum Gasteiger partial charge on any atom is -0.459 e. The Bertz CT molecular complexity index is 490. The topological polar surface area (TPSA) is 88.6 Å². The Hall–Kier alpha value is -1.53. The first-order valence-electron chi connectivity index (χ1n) is 7.41. The van der Waals surface area contributed by atoms with Gasteiger partial charge in [0.2, 0.25) is 5.91 Å². The highest BCUT2D eigenvalue weighted by Gasteiger charge is 2.32. The third kappa shape index (κ3) is 4.24. The number of rotatable bonds is 4. The smallest absolute Gasteiger partial charge is 0.287 e. The zero-order valence-corrected chi connectivity index (χ0v) is 13.8. The first-order chi connectivity index (χ1) is 10.0. The van der Waals surface area contributed by atoms with E-state index >= 15 is 0 Å². The Morgan fingerprint density at radius 2 is 2.14 bits per heavy atom. The molecule has 0 aliphatic carbocycles. The Labute approximate surface area is 136 Å². The molecule has 2 rings (SSSR count). The van der Waals surface area contributed by atoms with Crippen LogP contribution < -0.4 is 11.1 Å². The van der Waals surface area contributed by atoms with Gasteiger partial charge in [-0.3, -0.25) is 9.59 Å². The van der Waals surface area contributed by atoms with Crippen LogP contribution in [-0.4, -0.2) is 41.4 Å². The molecule has 1 aliphatic heterocycles. The Balaban J connectivity index is 0.00000242. The number of carbonyl (C=O) groups is 2. The molecule has 0 radical (unpaired) electrons. The maximum atomic E-state index is 12.5. The zero-order valence-electron chi connectivity index (χ0n) is 13.0. The molecule has 0 spiro atoms. The molecule has 3 atom stereocenters. The Morgan fingerprint density at radius 1 is 1.41 bits per heavy atom. The Morgan fingerprint density at radius 3 is 2.73 bits per heavy atom. The highest BCUT2D eigenvalue weighted by molar-refractivity contribution is 5.95. The minimum absolute atomic E-state index is 0. The summed E-state index contributed by atoms with van der Waals surface area (Å²) in [6.07, 6.45) is 4.41. The average molecular weight is 330 g/mol. The average Bonchev–Trinajstić information content (AvgIpc) is 3.00. The molecule has 6 nitrogen and oxygen atoms in total. The number of hydrogen-bond acceptors (Lipinski definition) is 4. The molecule has 1 aromatic heterocycles. The van der Waals surface area contributed by atoms with Crippen molar-refractivity contribution in [1.82, 2.24) is 10.2 Å². The van der Waals surface area contributed by atoms with Crippen LogP contribution in [0, 0.1) is 0 Å². The van der Waals surface area contributed by atoms with Gasteiger partial charge in [0.05, 0.1) is 6.26 Å². The van der Waals surface area contributed by atoms with Gasteiger partial charge in [-0.05, 0) is 45.2 Å². The van der Waals surface area contributed by atoms with Crippen LogP contribution in [0.3, 0.4) is 0 Å². The molecule has 1 fully saturated rings. The van der Waals surface area contributed by atoms with Crippen molar-refractivity contribution in [3.63, 3.8) is 0 Å². The maximum absolute atomic E-state index is 12.5. The van der Waals surface area contributed by atoms with Gasteiger partial charge in [-0.1, -0.05) is 0 Å². The van der Waals surface area contributed by atoms with Crippen LogP contribution in [-0.2, 0) is 4.79 Å². The fourth-order valence-corrected chi connectivity index (χ4v) is 2.76. The summed E-state index contributed by atoms with van der Waals surface area (Å²) in [6, 6.07) is 2.59. The quantitative estimate of drug-likeness (QED) is 0.877. The lowest BCUT2D eigenvalue weighted by molar-refractivity contribution is -0.137. The van der Waals surface area contributed by atoms with Gasteiger partial charge in [0, 0.05) is 18.6 Å². The lowest BCUT2D eigenvalue weighted by atomic mass is 9.96. The van der Waals surface area contributed by atoms with Crippen LogP contribution >= 0.6 is 12.4 Å². The predicted molar refractivity (Wildman–Crippen MR) is 85.9 cm³/mol. The molecule has 22 heavy (non-hydrogen) atoms. The van der Waals surface area contributed by atoms with Crippen LogP contribution in [0.15, 0.2) is 22.8 Å². The molecule has 1 aliphatic rings. The van der Waals surface area contributed by atoms with Crippen LogP contribution in [0.4, 0.5) is 0 Å².